The number of amides is 1. The summed E-state index contributed by atoms with van der Waals surface area (Å²) in [5.41, 5.74) is -0.776. The SMILES string of the molecule is COC(=O)[C@H](CC#N)N(C(=O)O)C(C)(C)C. The van der Waals surface area contributed by atoms with Crippen LogP contribution < -0.4 is 0 Å². The molecule has 0 radical (unpaired) electrons. The Morgan fingerprint density at radius 3 is 2.25 bits per heavy atom. The Kier molecular flexibility index (Phi) is 4.76. The van der Waals surface area contributed by atoms with Gasteiger partial charge in [0.2, 0.25) is 0 Å². The predicted octanol–water partition coefficient (Wildman–Crippen LogP) is 1.22. The highest BCUT2D eigenvalue weighted by Gasteiger charge is 2.37. The number of nitrogens with zero attached hydrogens (tertiary/aromatic N) is 2. The molecule has 0 aliphatic heterocycles. The molecule has 0 aromatic carbocycles. The van der Waals surface area contributed by atoms with Crippen LogP contribution in [0.3, 0.4) is 0 Å². The van der Waals surface area contributed by atoms with Gasteiger partial charge in [-0.3, -0.25) is 4.90 Å². The van der Waals surface area contributed by atoms with E-state index in [1.807, 2.05) is 0 Å². The van der Waals surface area contributed by atoms with Crippen LogP contribution in [0.2, 0.25) is 0 Å². The van der Waals surface area contributed by atoms with Crippen LogP contribution in [0.15, 0.2) is 0 Å². The number of nitriles is 1. The third-order valence-electron chi connectivity index (χ3n) is 2.00. The number of rotatable bonds is 3. The van der Waals surface area contributed by atoms with E-state index in [1.54, 1.807) is 26.8 Å². The number of ether oxygens (including phenoxy) is 1. The zero-order chi connectivity index (χ0) is 12.9. The maximum atomic E-state index is 11.4. The van der Waals surface area contributed by atoms with Gasteiger partial charge in [-0.05, 0) is 20.8 Å². The Hall–Kier alpha value is -1.77. The van der Waals surface area contributed by atoms with Gasteiger partial charge in [-0.2, -0.15) is 5.26 Å². The van der Waals surface area contributed by atoms with E-state index in [0.717, 1.165) is 12.0 Å². The van der Waals surface area contributed by atoms with Gasteiger partial charge in [-0.25, -0.2) is 9.59 Å². The Bertz CT molecular complexity index is 314. The van der Waals surface area contributed by atoms with Gasteiger partial charge in [-0.15, -0.1) is 0 Å². The minimum absolute atomic E-state index is 0.226. The molecule has 6 heteroatoms. The van der Waals surface area contributed by atoms with Gasteiger partial charge in [-0.1, -0.05) is 0 Å². The number of esters is 1. The summed E-state index contributed by atoms with van der Waals surface area (Å²) in [6.45, 7) is 4.94. The predicted molar refractivity (Wildman–Crippen MR) is 55.7 cm³/mol. The molecular formula is C10H16N2O4. The van der Waals surface area contributed by atoms with Crippen LogP contribution in [0.1, 0.15) is 27.2 Å². The molecule has 0 spiro atoms. The quantitative estimate of drug-likeness (QED) is 0.733. The van der Waals surface area contributed by atoms with Crippen LogP contribution in [0.4, 0.5) is 4.79 Å². The average molecular weight is 228 g/mol. The fourth-order valence-electron chi connectivity index (χ4n) is 1.39. The van der Waals surface area contributed by atoms with Crippen molar-refractivity contribution in [1.29, 1.82) is 5.26 Å². The van der Waals surface area contributed by atoms with E-state index < -0.39 is 23.6 Å². The van der Waals surface area contributed by atoms with Crippen LogP contribution in [0, 0.1) is 11.3 Å². The van der Waals surface area contributed by atoms with Crippen molar-refractivity contribution in [2.75, 3.05) is 7.11 Å². The molecular weight excluding hydrogens is 212 g/mol. The lowest BCUT2D eigenvalue weighted by Gasteiger charge is -2.37. The van der Waals surface area contributed by atoms with Crippen molar-refractivity contribution >= 4 is 12.1 Å². The Morgan fingerprint density at radius 1 is 1.50 bits per heavy atom. The third kappa shape index (κ3) is 3.42. The van der Waals surface area contributed by atoms with Crippen molar-refractivity contribution < 1.29 is 19.4 Å². The second kappa shape index (κ2) is 5.35. The fourth-order valence-corrected chi connectivity index (χ4v) is 1.39. The minimum atomic E-state index is -1.25. The van der Waals surface area contributed by atoms with Crippen molar-refractivity contribution in [1.82, 2.24) is 4.90 Å². The molecule has 6 nitrogen and oxygen atoms in total. The number of methoxy groups -OCH3 is 1. The average Bonchev–Trinajstić information content (AvgIpc) is 2.13. The number of hydrogen-bond donors (Lipinski definition) is 1. The molecule has 1 amide bonds. The summed E-state index contributed by atoms with van der Waals surface area (Å²) in [6.07, 6.45) is -1.48. The maximum Gasteiger partial charge on any atom is 0.408 e. The van der Waals surface area contributed by atoms with Crippen molar-refractivity contribution in [2.45, 2.75) is 38.8 Å². The molecule has 0 rings (SSSR count). The molecule has 0 heterocycles. The van der Waals surface area contributed by atoms with Gasteiger partial charge in [0.05, 0.1) is 19.6 Å². The van der Waals surface area contributed by atoms with Crippen LogP contribution in [-0.2, 0) is 9.53 Å². The van der Waals surface area contributed by atoms with E-state index in [-0.39, 0.29) is 6.42 Å². The molecule has 0 aliphatic carbocycles. The molecule has 16 heavy (non-hydrogen) atoms. The number of hydrogen-bond acceptors (Lipinski definition) is 4. The first-order valence-electron chi connectivity index (χ1n) is 4.72. The van der Waals surface area contributed by atoms with E-state index in [2.05, 4.69) is 4.74 Å². The van der Waals surface area contributed by atoms with Crippen molar-refractivity contribution in [3.05, 3.63) is 0 Å². The Balaban J connectivity index is 5.20. The van der Waals surface area contributed by atoms with E-state index in [4.69, 9.17) is 10.4 Å². The van der Waals surface area contributed by atoms with Crippen LogP contribution in [0.5, 0.6) is 0 Å². The summed E-state index contributed by atoms with van der Waals surface area (Å²) < 4.78 is 4.50. The highest BCUT2D eigenvalue weighted by molar-refractivity contribution is 5.81. The summed E-state index contributed by atoms with van der Waals surface area (Å²) in [5, 5.41) is 17.7. The van der Waals surface area contributed by atoms with E-state index in [1.165, 1.54) is 0 Å². The molecule has 0 aromatic rings. The first-order valence-corrected chi connectivity index (χ1v) is 4.72. The van der Waals surface area contributed by atoms with E-state index in [9.17, 15) is 9.59 Å². The highest BCUT2D eigenvalue weighted by atomic mass is 16.5. The van der Waals surface area contributed by atoms with Crippen LogP contribution >= 0.6 is 0 Å². The van der Waals surface area contributed by atoms with Gasteiger partial charge < -0.3 is 9.84 Å². The Labute approximate surface area is 94.4 Å². The topological polar surface area (TPSA) is 90.6 Å². The van der Waals surface area contributed by atoms with Gasteiger partial charge in [0.15, 0.2) is 0 Å². The zero-order valence-electron chi connectivity index (χ0n) is 9.85. The van der Waals surface area contributed by atoms with Crippen LogP contribution in [0.25, 0.3) is 0 Å². The summed E-state index contributed by atoms with van der Waals surface area (Å²) in [4.78, 5) is 23.4. The second-order valence-electron chi connectivity index (χ2n) is 4.22. The van der Waals surface area contributed by atoms with Gasteiger partial charge in [0.25, 0.3) is 0 Å². The lowest BCUT2D eigenvalue weighted by molar-refractivity contribution is -0.148. The third-order valence-corrected chi connectivity index (χ3v) is 2.00. The monoisotopic (exact) mass is 228 g/mol. The summed E-state index contributed by atoms with van der Waals surface area (Å²) in [5.74, 6) is -0.723. The van der Waals surface area contributed by atoms with Gasteiger partial charge in [0, 0.05) is 5.54 Å². The van der Waals surface area contributed by atoms with Crippen molar-refractivity contribution in [3.63, 3.8) is 0 Å². The first kappa shape index (κ1) is 14.2. The molecule has 0 saturated heterocycles. The van der Waals surface area contributed by atoms with Crippen LogP contribution in [-0.4, -0.2) is 40.8 Å². The number of carbonyl (C=O) groups is 2. The van der Waals surface area contributed by atoms with Crippen molar-refractivity contribution in [2.24, 2.45) is 0 Å². The summed E-state index contributed by atoms with van der Waals surface area (Å²) in [6, 6.07) is 0.694. The highest BCUT2D eigenvalue weighted by Crippen LogP contribution is 2.20. The van der Waals surface area contributed by atoms with Gasteiger partial charge in [0.1, 0.15) is 6.04 Å². The lowest BCUT2D eigenvalue weighted by atomic mass is 10.0. The second-order valence-corrected chi connectivity index (χ2v) is 4.22. The van der Waals surface area contributed by atoms with E-state index in [0.29, 0.717) is 0 Å². The standard InChI is InChI=1S/C10H16N2O4/c1-10(2,3)12(9(14)15)7(5-6-11)8(13)16-4/h7H,5H2,1-4H3,(H,14,15)/t7-/m0/s1. The number of carbonyl (C=O) groups excluding carboxylic acids is 1. The largest absolute Gasteiger partial charge is 0.467 e. The van der Waals surface area contributed by atoms with Crippen molar-refractivity contribution in [3.8, 4) is 6.07 Å². The lowest BCUT2D eigenvalue weighted by Crippen LogP contribution is -2.54. The smallest absolute Gasteiger partial charge is 0.408 e. The molecule has 0 fully saturated rings. The zero-order valence-corrected chi connectivity index (χ0v) is 9.85. The normalized spacial score (nSPS) is 12.4. The molecule has 0 bridgehead atoms. The number of carboxylic acid groups (broad SMARTS) is 1. The van der Waals surface area contributed by atoms with Gasteiger partial charge >= 0.3 is 12.1 Å². The minimum Gasteiger partial charge on any atom is -0.467 e. The molecule has 0 saturated carbocycles. The fraction of sp³-hybridized carbons (Fsp3) is 0.700. The first-order chi connectivity index (χ1) is 7.25. The van der Waals surface area contributed by atoms with E-state index >= 15 is 0 Å². The summed E-state index contributed by atoms with van der Waals surface area (Å²) >= 11 is 0. The molecule has 90 valence electrons. The maximum absolute atomic E-state index is 11.4. The molecule has 0 aromatic heterocycles. The molecule has 1 N–H and O–H groups in total. The molecule has 0 unspecified atom stereocenters. The summed E-state index contributed by atoms with van der Waals surface area (Å²) in [7, 11) is 1.16. The Morgan fingerprint density at radius 2 is 2.00 bits per heavy atom. The molecule has 1 atom stereocenters. The molecule has 0 aliphatic rings.